The number of rotatable bonds is 2. The molecule has 0 fully saturated rings. The van der Waals surface area contributed by atoms with E-state index in [1.807, 2.05) is 0 Å². The van der Waals surface area contributed by atoms with Crippen LogP contribution in [0, 0.1) is 6.92 Å². The molecule has 0 saturated heterocycles. The molecule has 1 N–H and O–H groups in total. The Hall–Kier alpha value is -3.28. The van der Waals surface area contributed by atoms with Gasteiger partial charge in [0.1, 0.15) is 11.3 Å². The van der Waals surface area contributed by atoms with Gasteiger partial charge in [0.15, 0.2) is 16.9 Å². The molecule has 0 radical (unpaired) electrons. The van der Waals surface area contributed by atoms with E-state index < -0.39 is 12.3 Å². The Balaban J connectivity index is 1.85. The number of benzene rings is 2. The molecule has 2 aromatic carbocycles. The SMILES string of the molecule is Cc1c(-c2ccc3c(c2)OC(C(=O)O)O3)oc2ccccc2c1=O. The maximum atomic E-state index is 12.5. The first-order valence-electron chi connectivity index (χ1n) is 7.27. The van der Waals surface area contributed by atoms with E-state index in [9.17, 15) is 9.59 Å². The van der Waals surface area contributed by atoms with Crippen LogP contribution in [0.5, 0.6) is 11.5 Å². The van der Waals surface area contributed by atoms with Gasteiger partial charge in [-0.25, -0.2) is 4.79 Å². The van der Waals surface area contributed by atoms with Gasteiger partial charge < -0.3 is 19.0 Å². The molecule has 1 atom stereocenters. The lowest BCUT2D eigenvalue weighted by atomic mass is 10.1. The van der Waals surface area contributed by atoms with Crippen molar-refractivity contribution in [2.24, 2.45) is 0 Å². The fraction of sp³-hybridized carbons (Fsp3) is 0.111. The van der Waals surface area contributed by atoms with Gasteiger partial charge in [0.2, 0.25) is 0 Å². The summed E-state index contributed by atoms with van der Waals surface area (Å²) >= 11 is 0. The molecule has 3 aromatic rings. The number of aliphatic carboxylic acids is 1. The zero-order valence-electron chi connectivity index (χ0n) is 12.6. The summed E-state index contributed by atoms with van der Waals surface area (Å²) < 4.78 is 16.3. The largest absolute Gasteiger partial charge is 0.476 e. The predicted octanol–water partition coefficient (Wildman–Crippen LogP) is 2.95. The standard InChI is InChI=1S/C18H12O6/c1-9-15(19)11-4-2-3-5-12(11)22-16(9)10-6-7-13-14(8-10)24-18(23-13)17(20)21/h2-8,18H,1H3,(H,20,21). The lowest BCUT2D eigenvalue weighted by Crippen LogP contribution is -2.28. The minimum atomic E-state index is -1.36. The molecule has 1 aromatic heterocycles. The lowest BCUT2D eigenvalue weighted by molar-refractivity contribution is -0.154. The van der Waals surface area contributed by atoms with Crippen LogP contribution in [0.2, 0.25) is 0 Å². The van der Waals surface area contributed by atoms with Crippen molar-refractivity contribution < 1.29 is 23.8 Å². The molecule has 0 aliphatic carbocycles. The van der Waals surface area contributed by atoms with Gasteiger partial charge in [-0.15, -0.1) is 0 Å². The average molecular weight is 324 g/mol. The highest BCUT2D eigenvalue weighted by molar-refractivity contribution is 5.81. The molecule has 1 unspecified atom stereocenters. The molecular weight excluding hydrogens is 312 g/mol. The average Bonchev–Trinajstić information content (AvgIpc) is 3.01. The minimum Gasteiger partial charge on any atom is -0.476 e. The van der Waals surface area contributed by atoms with Crippen LogP contribution in [-0.2, 0) is 4.79 Å². The summed E-state index contributed by atoms with van der Waals surface area (Å²) in [6, 6.07) is 11.9. The Labute approximate surface area is 135 Å². The summed E-state index contributed by atoms with van der Waals surface area (Å²) in [6.45, 7) is 1.69. The van der Waals surface area contributed by atoms with Crippen molar-refractivity contribution >= 4 is 16.9 Å². The molecule has 2 heterocycles. The van der Waals surface area contributed by atoms with Gasteiger partial charge in [0, 0.05) is 11.1 Å². The van der Waals surface area contributed by atoms with Crippen LogP contribution in [0.25, 0.3) is 22.3 Å². The van der Waals surface area contributed by atoms with E-state index in [1.165, 1.54) is 0 Å². The minimum absolute atomic E-state index is 0.104. The zero-order valence-corrected chi connectivity index (χ0v) is 12.6. The smallest absolute Gasteiger partial charge is 0.387 e. The van der Waals surface area contributed by atoms with Crippen LogP contribution in [0.3, 0.4) is 0 Å². The quantitative estimate of drug-likeness (QED) is 0.780. The Morgan fingerprint density at radius 1 is 1.08 bits per heavy atom. The van der Waals surface area contributed by atoms with Gasteiger partial charge in [0.25, 0.3) is 0 Å². The maximum Gasteiger partial charge on any atom is 0.387 e. The first kappa shape index (κ1) is 14.3. The monoisotopic (exact) mass is 324 g/mol. The predicted molar refractivity (Wildman–Crippen MR) is 85.3 cm³/mol. The van der Waals surface area contributed by atoms with E-state index in [0.717, 1.165) is 0 Å². The summed E-state index contributed by atoms with van der Waals surface area (Å²) in [7, 11) is 0. The summed E-state index contributed by atoms with van der Waals surface area (Å²) in [5.74, 6) is -0.146. The molecule has 1 aliphatic rings. The highest BCUT2D eigenvalue weighted by atomic mass is 16.7. The van der Waals surface area contributed by atoms with Crippen molar-refractivity contribution in [3.8, 4) is 22.8 Å². The van der Waals surface area contributed by atoms with E-state index in [4.69, 9.17) is 19.0 Å². The molecule has 6 nitrogen and oxygen atoms in total. The third kappa shape index (κ3) is 2.11. The number of hydrogen-bond donors (Lipinski definition) is 1. The Bertz CT molecular complexity index is 1030. The topological polar surface area (TPSA) is 86.0 Å². The number of fused-ring (bicyclic) bond motifs is 2. The molecule has 0 saturated carbocycles. The number of carbonyl (C=O) groups is 1. The number of para-hydroxylation sites is 1. The molecule has 120 valence electrons. The molecular formula is C18H12O6. The van der Waals surface area contributed by atoms with Crippen LogP contribution >= 0.6 is 0 Å². The van der Waals surface area contributed by atoms with Crippen LogP contribution < -0.4 is 14.9 Å². The van der Waals surface area contributed by atoms with Crippen molar-refractivity contribution in [2.75, 3.05) is 0 Å². The lowest BCUT2D eigenvalue weighted by Gasteiger charge is -2.07. The molecule has 6 heteroatoms. The van der Waals surface area contributed by atoms with E-state index in [-0.39, 0.29) is 5.43 Å². The number of carboxylic acid groups (broad SMARTS) is 1. The van der Waals surface area contributed by atoms with E-state index in [0.29, 0.717) is 39.4 Å². The van der Waals surface area contributed by atoms with Crippen molar-refractivity contribution in [1.82, 2.24) is 0 Å². The second kappa shape index (κ2) is 5.13. The van der Waals surface area contributed by atoms with Crippen LogP contribution in [0.4, 0.5) is 0 Å². The van der Waals surface area contributed by atoms with Crippen LogP contribution in [0.15, 0.2) is 51.7 Å². The second-order valence-corrected chi connectivity index (χ2v) is 5.45. The summed E-state index contributed by atoms with van der Waals surface area (Å²) in [6.07, 6.45) is -1.36. The number of hydrogen-bond acceptors (Lipinski definition) is 5. The maximum absolute atomic E-state index is 12.5. The van der Waals surface area contributed by atoms with Gasteiger partial charge in [-0.1, -0.05) is 12.1 Å². The Morgan fingerprint density at radius 3 is 2.62 bits per heavy atom. The van der Waals surface area contributed by atoms with E-state index in [1.54, 1.807) is 49.4 Å². The van der Waals surface area contributed by atoms with Gasteiger partial charge in [0.05, 0.1) is 5.39 Å². The molecule has 0 bridgehead atoms. The zero-order chi connectivity index (χ0) is 16.8. The van der Waals surface area contributed by atoms with Crippen LogP contribution in [-0.4, -0.2) is 17.4 Å². The van der Waals surface area contributed by atoms with E-state index in [2.05, 4.69) is 0 Å². The number of ether oxygens (including phenoxy) is 2. The summed E-state index contributed by atoms with van der Waals surface area (Å²) in [4.78, 5) is 23.5. The molecule has 1 aliphatic heterocycles. The first-order chi connectivity index (χ1) is 11.5. The first-order valence-corrected chi connectivity index (χ1v) is 7.27. The summed E-state index contributed by atoms with van der Waals surface area (Å²) in [5.41, 5.74) is 1.48. The van der Waals surface area contributed by atoms with Crippen LogP contribution in [0.1, 0.15) is 5.56 Å². The third-order valence-corrected chi connectivity index (χ3v) is 3.90. The Morgan fingerprint density at radius 2 is 1.83 bits per heavy atom. The molecule has 0 amide bonds. The van der Waals surface area contributed by atoms with Gasteiger partial charge in [-0.3, -0.25) is 4.79 Å². The van der Waals surface area contributed by atoms with Gasteiger partial charge in [-0.2, -0.15) is 0 Å². The fourth-order valence-corrected chi connectivity index (χ4v) is 2.70. The van der Waals surface area contributed by atoms with Gasteiger partial charge in [-0.05, 0) is 37.3 Å². The Kier molecular flexibility index (Phi) is 3.06. The highest BCUT2D eigenvalue weighted by Gasteiger charge is 2.31. The normalized spacial score (nSPS) is 15.6. The second-order valence-electron chi connectivity index (χ2n) is 5.45. The fourth-order valence-electron chi connectivity index (χ4n) is 2.70. The van der Waals surface area contributed by atoms with Crippen molar-refractivity contribution in [3.05, 3.63) is 58.3 Å². The third-order valence-electron chi connectivity index (χ3n) is 3.90. The van der Waals surface area contributed by atoms with Crippen molar-refractivity contribution in [1.29, 1.82) is 0 Å². The van der Waals surface area contributed by atoms with E-state index >= 15 is 0 Å². The molecule has 4 rings (SSSR count). The van der Waals surface area contributed by atoms with Gasteiger partial charge >= 0.3 is 12.3 Å². The highest BCUT2D eigenvalue weighted by Crippen LogP contribution is 2.39. The summed E-state index contributed by atoms with van der Waals surface area (Å²) in [5, 5.41) is 9.48. The number of carboxylic acids is 1. The molecule has 24 heavy (non-hydrogen) atoms. The molecule has 0 spiro atoms. The van der Waals surface area contributed by atoms with Crippen molar-refractivity contribution in [2.45, 2.75) is 13.2 Å². The van der Waals surface area contributed by atoms with Crippen molar-refractivity contribution in [3.63, 3.8) is 0 Å².